The molecule has 5 N–H and O–H groups in total. The number of nitrogens with one attached hydrogen (secondary N) is 4. The van der Waals surface area contributed by atoms with E-state index >= 15 is 0 Å². The predicted molar refractivity (Wildman–Crippen MR) is 273 cm³/mol. The molecular formula is C52H72FN9O9S. The minimum Gasteiger partial charge on any atom is -0.494 e. The molecule has 2 fully saturated rings. The Morgan fingerprint density at radius 2 is 1.60 bits per heavy atom. The molecule has 0 bridgehead atoms. The van der Waals surface area contributed by atoms with E-state index in [0.717, 1.165) is 66.4 Å². The van der Waals surface area contributed by atoms with Gasteiger partial charge in [-0.15, -0.1) is 11.3 Å². The van der Waals surface area contributed by atoms with E-state index < -0.39 is 41.2 Å². The number of hydrogen-bond acceptors (Lipinski definition) is 15. The minimum atomic E-state index is -0.947. The summed E-state index contributed by atoms with van der Waals surface area (Å²) in [5, 5.41) is 22.3. The number of aliphatic hydroxyl groups excluding tert-OH is 1. The summed E-state index contributed by atoms with van der Waals surface area (Å²) < 4.78 is 37.3. The number of nitrogens with zero attached hydrogens (tertiary/aromatic N) is 5. The highest BCUT2D eigenvalue weighted by atomic mass is 32.1. The molecule has 1 saturated carbocycles. The highest BCUT2D eigenvalue weighted by Gasteiger charge is 2.44. The average molecular weight is 1020 g/mol. The molecule has 1 saturated heterocycles. The van der Waals surface area contributed by atoms with Crippen molar-refractivity contribution in [3.8, 4) is 16.2 Å². The number of carbonyl (C=O) groups is 4. The maximum atomic E-state index is 14.4. The number of anilines is 3. The molecule has 6 rings (SSSR count). The smallest absolute Gasteiger partial charge is 0.246 e. The van der Waals surface area contributed by atoms with E-state index in [2.05, 4.69) is 36.2 Å². The number of likely N-dealkylation sites (tertiary alicyclic amines) is 1. The molecule has 2 aromatic heterocycles. The number of amides is 4. The third kappa shape index (κ3) is 17.2. The number of hydrogen-bond donors (Lipinski definition) is 5. The monoisotopic (exact) mass is 1020 g/mol. The van der Waals surface area contributed by atoms with E-state index in [1.165, 1.54) is 4.90 Å². The Balaban J connectivity index is 0.767. The number of aliphatic hydroxyl groups is 1. The number of ether oxygens (including phenoxy) is 4. The second kappa shape index (κ2) is 27.9. The van der Waals surface area contributed by atoms with Crippen LogP contribution in [0.3, 0.4) is 0 Å². The van der Waals surface area contributed by atoms with E-state index in [0.29, 0.717) is 70.6 Å². The lowest BCUT2D eigenvalue weighted by Gasteiger charge is -2.35. The number of unbranched alkanes of at least 4 members (excludes halogenated alkanes) is 1. The molecule has 0 unspecified atom stereocenters. The molecule has 18 nitrogen and oxygen atoms in total. The van der Waals surface area contributed by atoms with Crippen LogP contribution in [0.4, 0.5) is 21.8 Å². The fourth-order valence-corrected chi connectivity index (χ4v) is 8.92. The van der Waals surface area contributed by atoms with Crippen molar-refractivity contribution >= 4 is 52.4 Å². The van der Waals surface area contributed by atoms with Gasteiger partial charge in [-0.25, -0.2) is 14.4 Å². The van der Waals surface area contributed by atoms with Gasteiger partial charge in [0.1, 0.15) is 24.4 Å². The fourth-order valence-electron chi connectivity index (χ4n) is 8.11. The normalized spacial score (nSPS) is 16.2. The van der Waals surface area contributed by atoms with E-state index in [9.17, 15) is 28.7 Å². The summed E-state index contributed by atoms with van der Waals surface area (Å²) >= 11 is 1.57. The topological polar surface area (TPSA) is 219 Å². The van der Waals surface area contributed by atoms with Crippen LogP contribution in [0.2, 0.25) is 0 Å². The number of aryl methyl sites for hydroxylation is 1. The van der Waals surface area contributed by atoms with Crippen molar-refractivity contribution in [1.82, 2.24) is 35.4 Å². The third-order valence-corrected chi connectivity index (χ3v) is 13.5. The van der Waals surface area contributed by atoms with Crippen molar-refractivity contribution in [3.05, 3.63) is 77.3 Å². The van der Waals surface area contributed by atoms with Gasteiger partial charge in [-0.2, -0.15) is 4.98 Å². The van der Waals surface area contributed by atoms with Crippen molar-refractivity contribution in [2.24, 2.45) is 11.3 Å². The third-order valence-electron chi connectivity index (χ3n) is 12.5. The lowest BCUT2D eigenvalue weighted by Crippen LogP contribution is -2.58. The first-order valence-electron chi connectivity index (χ1n) is 25.0. The Morgan fingerprint density at radius 3 is 2.25 bits per heavy atom. The molecule has 2 aliphatic rings. The summed E-state index contributed by atoms with van der Waals surface area (Å²) in [4.78, 5) is 69.4. The SMILES string of the molecule is Cc1ncsc1-c1ccc(CNC(=O)[C@@H]2C[C@@H](O)CN2C(=O)[C@@H](NC(=O)COCCCOCCCCOCCCOc2ccc(Nc3ncc(F)c(NCCN(C)C(=O)C4CCC4)n3)cc2)C(C)(C)C)cc1. The number of aromatic nitrogens is 3. The summed E-state index contributed by atoms with van der Waals surface area (Å²) in [5.74, 6) is -0.573. The summed E-state index contributed by atoms with van der Waals surface area (Å²) in [5.41, 5.74) is 4.75. The number of halogens is 1. The van der Waals surface area contributed by atoms with Crippen molar-refractivity contribution < 1.29 is 47.6 Å². The molecule has 1 aliphatic carbocycles. The highest BCUT2D eigenvalue weighted by molar-refractivity contribution is 7.13. The van der Waals surface area contributed by atoms with Crippen LogP contribution in [0.1, 0.15) is 83.4 Å². The maximum Gasteiger partial charge on any atom is 0.246 e. The Morgan fingerprint density at radius 1 is 0.917 bits per heavy atom. The van der Waals surface area contributed by atoms with Crippen LogP contribution in [0, 0.1) is 24.1 Å². The fraction of sp³-hybridized carbons (Fsp3) is 0.558. The second-order valence-electron chi connectivity index (χ2n) is 19.3. The molecule has 0 spiro atoms. The second-order valence-corrected chi connectivity index (χ2v) is 20.2. The van der Waals surface area contributed by atoms with E-state index in [-0.39, 0.29) is 55.6 Å². The van der Waals surface area contributed by atoms with Gasteiger partial charge in [-0.1, -0.05) is 51.5 Å². The Hall–Kier alpha value is -5.80. The van der Waals surface area contributed by atoms with Crippen molar-refractivity contribution in [2.75, 3.05) is 83.6 Å². The summed E-state index contributed by atoms with van der Waals surface area (Å²) in [7, 11) is 1.76. The molecule has 20 heteroatoms. The molecule has 2 aromatic carbocycles. The van der Waals surface area contributed by atoms with Crippen LogP contribution in [-0.4, -0.2) is 145 Å². The molecule has 3 atom stereocenters. The number of carbonyl (C=O) groups excluding carboxylic acids is 4. The first kappa shape index (κ1) is 55.5. The number of β-amino-alcohol motifs (C(OH)–C–C–N with tert-alkyl or cyclic N) is 1. The van der Waals surface area contributed by atoms with Crippen molar-refractivity contribution in [1.29, 1.82) is 0 Å². The van der Waals surface area contributed by atoms with Gasteiger partial charge in [-0.3, -0.25) is 19.2 Å². The number of likely N-dealkylation sites (N-methyl/N-ethyl adjacent to an activating group) is 1. The minimum absolute atomic E-state index is 0.00891. The maximum absolute atomic E-state index is 14.4. The molecule has 4 amide bonds. The molecule has 1 aliphatic heterocycles. The highest BCUT2D eigenvalue weighted by Crippen LogP contribution is 2.30. The van der Waals surface area contributed by atoms with Crippen LogP contribution in [0.5, 0.6) is 5.75 Å². The number of thiazole rings is 1. The lowest BCUT2D eigenvalue weighted by molar-refractivity contribution is -0.144. The van der Waals surface area contributed by atoms with E-state index in [1.54, 1.807) is 23.3 Å². The summed E-state index contributed by atoms with van der Waals surface area (Å²) in [6.07, 6.45) is 6.31. The zero-order valence-electron chi connectivity index (χ0n) is 42.3. The van der Waals surface area contributed by atoms with Crippen molar-refractivity contribution in [3.63, 3.8) is 0 Å². The molecule has 0 radical (unpaired) electrons. The molecule has 3 heterocycles. The van der Waals surface area contributed by atoms with Crippen molar-refractivity contribution in [2.45, 2.75) is 104 Å². The van der Waals surface area contributed by atoms with Gasteiger partial charge in [0.25, 0.3) is 0 Å². The molecule has 4 aromatic rings. The number of rotatable bonds is 29. The van der Waals surface area contributed by atoms with Gasteiger partial charge in [0, 0.05) is 90.7 Å². The Bertz CT molecular complexity index is 2350. The molecule has 392 valence electrons. The zero-order valence-corrected chi connectivity index (χ0v) is 43.1. The van der Waals surface area contributed by atoms with Gasteiger partial charge in [0.15, 0.2) is 11.6 Å². The standard InChI is InChI=1S/C52H72FN9O9S/c1-35-45(72-34-57-35)37-15-13-36(14-16-37)30-55-48(65)43-29-40(63)32-62(43)50(67)46(52(2,3)4)59-44(64)33-70-27-9-25-68-23-6-7-24-69-26-10-28-71-41-19-17-39(18-20-41)58-51-56-31-42(53)47(60-51)54-21-22-61(5)49(66)38-11-8-12-38/h13-20,31,34,38,40,43,46,63H,6-12,21-30,32-33H2,1-5H3,(H,55,65)(H,59,64)(H2,54,56,58,60)/t40-,43+,46-/m1/s1. The lowest BCUT2D eigenvalue weighted by atomic mass is 9.84. The van der Waals surface area contributed by atoms with Crippen LogP contribution in [-0.2, 0) is 39.9 Å². The van der Waals surface area contributed by atoms with Crippen LogP contribution < -0.4 is 26.0 Å². The first-order chi connectivity index (χ1) is 34.7. The van der Waals surface area contributed by atoms with Crippen LogP contribution in [0.15, 0.2) is 60.2 Å². The average Bonchev–Trinajstić information content (AvgIpc) is 3.96. The quantitative estimate of drug-likeness (QED) is 0.0380. The van der Waals surface area contributed by atoms with Gasteiger partial charge in [0.2, 0.25) is 29.6 Å². The zero-order chi connectivity index (χ0) is 51.5. The van der Waals surface area contributed by atoms with Gasteiger partial charge < -0.3 is 55.1 Å². The number of benzene rings is 2. The van der Waals surface area contributed by atoms with Gasteiger partial charge >= 0.3 is 0 Å². The Kier molecular flexibility index (Phi) is 21.5. The van der Waals surface area contributed by atoms with Gasteiger partial charge in [-0.05, 0) is 79.8 Å². The predicted octanol–water partition coefficient (Wildman–Crippen LogP) is 6.26. The summed E-state index contributed by atoms with van der Waals surface area (Å²) in [6.45, 7) is 11.3. The first-order valence-corrected chi connectivity index (χ1v) is 25.8. The Labute approximate surface area is 426 Å². The van der Waals surface area contributed by atoms with E-state index in [4.69, 9.17) is 18.9 Å². The van der Waals surface area contributed by atoms with Crippen LogP contribution in [0.25, 0.3) is 10.4 Å². The molecular weight excluding hydrogens is 946 g/mol. The van der Waals surface area contributed by atoms with Gasteiger partial charge in [0.05, 0.1) is 35.0 Å². The molecule has 72 heavy (non-hydrogen) atoms. The van der Waals surface area contributed by atoms with Crippen LogP contribution >= 0.6 is 11.3 Å². The van der Waals surface area contributed by atoms with E-state index in [1.807, 2.05) is 81.7 Å². The summed E-state index contributed by atoms with van der Waals surface area (Å²) in [6, 6.07) is 13.4. The largest absolute Gasteiger partial charge is 0.494 e.